The van der Waals surface area contributed by atoms with E-state index in [1.165, 1.54) is 11.3 Å². The number of hydrogen-bond donors (Lipinski definition) is 1. The third-order valence-electron chi connectivity index (χ3n) is 3.63. The first-order valence-corrected chi connectivity index (χ1v) is 9.76. The number of rotatable bonds is 6. The fourth-order valence-electron chi connectivity index (χ4n) is 2.34. The van der Waals surface area contributed by atoms with Gasteiger partial charge < -0.3 is 9.84 Å². The molecule has 4 rings (SSSR count). The molecule has 0 saturated heterocycles. The zero-order valence-electron chi connectivity index (χ0n) is 13.6. The molecule has 130 valence electrons. The molecule has 1 aromatic carbocycles. The van der Waals surface area contributed by atoms with Gasteiger partial charge in [0.15, 0.2) is 5.13 Å². The van der Waals surface area contributed by atoms with E-state index < -0.39 is 0 Å². The number of hydrogen-bond acceptors (Lipinski definition) is 7. The fourth-order valence-corrected chi connectivity index (χ4v) is 3.71. The van der Waals surface area contributed by atoms with Crippen LogP contribution in [0.25, 0.3) is 22.6 Å². The molecule has 0 fully saturated rings. The molecule has 26 heavy (non-hydrogen) atoms. The maximum atomic E-state index is 12.1. The highest BCUT2D eigenvalue weighted by Gasteiger charge is 2.12. The summed E-state index contributed by atoms with van der Waals surface area (Å²) >= 11 is 2.98. The highest BCUT2D eigenvalue weighted by Crippen LogP contribution is 2.24. The number of anilines is 1. The fraction of sp³-hybridized carbons (Fsp3) is 0.111. The van der Waals surface area contributed by atoms with E-state index in [9.17, 15) is 4.79 Å². The lowest BCUT2D eigenvalue weighted by molar-refractivity contribution is -0.116. The van der Waals surface area contributed by atoms with Gasteiger partial charge in [-0.2, -0.15) is 16.3 Å². The Labute approximate surface area is 157 Å². The molecule has 0 spiro atoms. The van der Waals surface area contributed by atoms with Crippen LogP contribution in [0.5, 0.6) is 0 Å². The molecule has 4 aromatic rings. The lowest BCUT2D eigenvalue weighted by Crippen LogP contribution is -2.12. The molecule has 3 heterocycles. The van der Waals surface area contributed by atoms with Crippen LogP contribution in [-0.4, -0.2) is 21.0 Å². The van der Waals surface area contributed by atoms with E-state index in [4.69, 9.17) is 4.52 Å². The highest BCUT2D eigenvalue weighted by atomic mass is 32.1. The van der Waals surface area contributed by atoms with E-state index in [1.54, 1.807) is 11.3 Å². The zero-order chi connectivity index (χ0) is 17.8. The van der Waals surface area contributed by atoms with Crippen LogP contribution in [-0.2, 0) is 11.2 Å². The summed E-state index contributed by atoms with van der Waals surface area (Å²) in [5, 5.41) is 13.2. The van der Waals surface area contributed by atoms with Crippen molar-refractivity contribution in [2.45, 2.75) is 12.8 Å². The molecule has 0 saturated carbocycles. The molecular weight excluding hydrogens is 368 g/mol. The summed E-state index contributed by atoms with van der Waals surface area (Å²) in [6.07, 6.45) is 0.644. The van der Waals surface area contributed by atoms with E-state index >= 15 is 0 Å². The van der Waals surface area contributed by atoms with Crippen LogP contribution in [0.4, 0.5) is 5.13 Å². The van der Waals surface area contributed by atoms with Crippen LogP contribution < -0.4 is 5.32 Å². The van der Waals surface area contributed by atoms with Crippen molar-refractivity contribution < 1.29 is 9.32 Å². The van der Waals surface area contributed by atoms with Crippen molar-refractivity contribution in [3.63, 3.8) is 0 Å². The summed E-state index contributed by atoms with van der Waals surface area (Å²) in [6.45, 7) is 0. The van der Waals surface area contributed by atoms with Crippen molar-refractivity contribution in [3.05, 3.63) is 58.4 Å². The Morgan fingerprint density at radius 2 is 1.96 bits per heavy atom. The van der Waals surface area contributed by atoms with Crippen LogP contribution in [0, 0.1) is 0 Å². The largest absolute Gasteiger partial charge is 0.339 e. The van der Waals surface area contributed by atoms with Gasteiger partial charge in [-0.3, -0.25) is 4.79 Å². The summed E-state index contributed by atoms with van der Waals surface area (Å²) in [7, 11) is 0. The van der Waals surface area contributed by atoms with Crippen molar-refractivity contribution in [1.29, 1.82) is 0 Å². The zero-order valence-corrected chi connectivity index (χ0v) is 15.2. The monoisotopic (exact) mass is 382 g/mol. The Morgan fingerprint density at radius 3 is 2.77 bits per heavy atom. The molecule has 1 amide bonds. The van der Waals surface area contributed by atoms with Crippen molar-refractivity contribution in [2.75, 3.05) is 5.32 Å². The molecule has 0 aliphatic rings. The van der Waals surface area contributed by atoms with E-state index in [2.05, 4.69) is 20.4 Å². The molecule has 0 atom stereocenters. The standard InChI is InChI=1S/C18H14N4O2S2/c23-15(6-7-16-21-17(22-24-16)13-8-9-25-10-13)20-18-19-14(11-26-18)12-4-2-1-3-5-12/h1-5,8-11H,6-7H2,(H,19,20,23). The molecule has 0 aliphatic carbocycles. The van der Waals surface area contributed by atoms with Crippen LogP contribution in [0.15, 0.2) is 57.1 Å². The molecule has 6 nitrogen and oxygen atoms in total. The Hall–Kier alpha value is -2.84. The third kappa shape index (κ3) is 3.87. The number of nitrogens with one attached hydrogen (secondary N) is 1. The normalized spacial score (nSPS) is 10.8. The Balaban J connectivity index is 1.33. The second-order valence-corrected chi connectivity index (χ2v) is 7.11. The topological polar surface area (TPSA) is 80.9 Å². The number of nitrogens with zero attached hydrogens (tertiary/aromatic N) is 3. The second-order valence-electron chi connectivity index (χ2n) is 5.48. The molecule has 0 bridgehead atoms. The Bertz CT molecular complexity index is 993. The number of amides is 1. The van der Waals surface area contributed by atoms with Gasteiger partial charge in [0.05, 0.1) is 5.69 Å². The van der Waals surface area contributed by atoms with Gasteiger partial charge in [-0.05, 0) is 11.4 Å². The average molecular weight is 382 g/mol. The average Bonchev–Trinajstić information content (AvgIpc) is 3.41. The number of thiophene rings is 1. The van der Waals surface area contributed by atoms with Crippen molar-refractivity contribution in [3.8, 4) is 22.6 Å². The van der Waals surface area contributed by atoms with Gasteiger partial charge >= 0.3 is 0 Å². The number of aryl methyl sites for hydroxylation is 1. The second kappa shape index (κ2) is 7.59. The number of benzene rings is 1. The van der Waals surface area contributed by atoms with Crippen LogP contribution >= 0.6 is 22.7 Å². The van der Waals surface area contributed by atoms with Crippen LogP contribution in [0.3, 0.4) is 0 Å². The van der Waals surface area contributed by atoms with Gasteiger partial charge in [0, 0.05) is 34.7 Å². The molecule has 3 aromatic heterocycles. The molecule has 0 aliphatic heterocycles. The van der Waals surface area contributed by atoms with Crippen molar-refractivity contribution >= 4 is 33.7 Å². The van der Waals surface area contributed by atoms with E-state index in [1.807, 2.05) is 52.5 Å². The summed E-state index contributed by atoms with van der Waals surface area (Å²) in [5.74, 6) is 0.869. The number of thiazole rings is 1. The smallest absolute Gasteiger partial charge is 0.227 e. The van der Waals surface area contributed by atoms with Gasteiger partial charge in [0.25, 0.3) is 0 Å². The Kier molecular flexibility index (Phi) is 4.85. The number of carbonyl (C=O) groups excluding carboxylic acids is 1. The summed E-state index contributed by atoms with van der Waals surface area (Å²) in [5.41, 5.74) is 2.80. The molecular formula is C18H14N4O2S2. The first-order chi connectivity index (χ1) is 12.8. The summed E-state index contributed by atoms with van der Waals surface area (Å²) in [6, 6.07) is 11.8. The van der Waals surface area contributed by atoms with Crippen LogP contribution in [0.2, 0.25) is 0 Å². The van der Waals surface area contributed by atoms with Crippen LogP contribution in [0.1, 0.15) is 12.3 Å². The minimum Gasteiger partial charge on any atom is -0.339 e. The molecule has 0 radical (unpaired) electrons. The van der Waals surface area contributed by atoms with Gasteiger partial charge in [-0.15, -0.1) is 11.3 Å². The SMILES string of the molecule is O=C(CCc1nc(-c2ccsc2)no1)Nc1nc(-c2ccccc2)cs1. The van der Waals surface area contributed by atoms with Gasteiger partial charge in [-0.1, -0.05) is 35.5 Å². The van der Waals surface area contributed by atoms with E-state index in [0.29, 0.717) is 23.3 Å². The summed E-state index contributed by atoms with van der Waals surface area (Å²) < 4.78 is 5.20. The maximum absolute atomic E-state index is 12.1. The van der Waals surface area contributed by atoms with Gasteiger partial charge in [0.2, 0.25) is 17.6 Å². The van der Waals surface area contributed by atoms with E-state index in [-0.39, 0.29) is 12.3 Å². The number of carbonyl (C=O) groups is 1. The lowest BCUT2D eigenvalue weighted by atomic mass is 10.2. The summed E-state index contributed by atoms with van der Waals surface area (Å²) in [4.78, 5) is 20.9. The highest BCUT2D eigenvalue weighted by molar-refractivity contribution is 7.14. The minimum atomic E-state index is -0.130. The first-order valence-electron chi connectivity index (χ1n) is 7.94. The molecule has 0 unspecified atom stereocenters. The van der Waals surface area contributed by atoms with Gasteiger partial charge in [-0.25, -0.2) is 4.98 Å². The predicted octanol–water partition coefficient (Wildman–Crippen LogP) is 4.49. The van der Waals surface area contributed by atoms with Gasteiger partial charge in [0.1, 0.15) is 0 Å². The maximum Gasteiger partial charge on any atom is 0.227 e. The molecule has 8 heteroatoms. The van der Waals surface area contributed by atoms with Crippen molar-refractivity contribution in [1.82, 2.24) is 15.1 Å². The lowest BCUT2D eigenvalue weighted by Gasteiger charge is -1.99. The third-order valence-corrected chi connectivity index (χ3v) is 5.07. The minimum absolute atomic E-state index is 0.130. The Morgan fingerprint density at radius 1 is 1.08 bits per heavy atom. The van der Waals surface area contributed by atoms with Crippen molar-refractivity contribution in [2.24, 2.45) is 0 Å². The number of aromatic nitrogens is 3. The quantitative estimate of drug-likeness (QED) is 0.531. The van der Waals surface area contributed by atoms with E-state index in [0.717, 1.165) is 16.8 Å². The molecule has 1 N–H and O–H groups in total. The first kappa shape index (κ1) is 16.6. The predicted molar refractivity (Wildman–Crippen MR) is 102 cm³/mol.